The predicted molar refractivity (Wildman–Crippen MR) is 78.0 cm³/mol. The third-order valence-electron chi connectivity index (χ3n) is 4.92. The zero-order chi connectivity index (χ0) is 14.2. The second kappa shape index (κ2) is 5.41. The number of carbonyl (C=O) groups is 1. The SMILES string of the molecule is CC1CN(C(=O)C2NCCCC2(C)C)CC1N(C)C. The zero-order valence-electron chi connectivity index (χ0n) is 13.1. The summed E-state index contributed by atoms with van der Waals surface area (Å²) in [5.41, 5.74) is 0.0781. The van der Waals surface area contributed by atoms with Crippen LogP contribution in [0.15, 0.2) is 0 Å². The molecule has 0 aromatic carbocycles. The molecule has 1 N–H and O–H groups in total. The molecule has 2 aliphatic rings. The Kier molecular flexibility index (Phi) is 4.21. The summed E-state index contributed by atoms with van der Waals surface area (Å²) in [5.74, 6) is 0.867. The lowest BCUT2D eigenvalue weighted by Gasteiger charge is -2.40. The van der Waals surface area contributed by atoms with Gasteiger partial charge in [0.2, 0.25) is 5.91 Å². The first kappa shape index (κ1) is 14.8. The molecule has 0 spiro atoms. The second-order valence-electron chi connectivity index (χ2n) is 7.23. The van der Waals surface area contributed by atoms with E-state index in [1.54, 1.807) is 0 Å². The Morgan fingerprint density at radius 2 is 2.00 bits per heavy atom. The van der Waals surface area contributed by atoms with E-state index in [-0.39, 0.29) is 11.5 Å². The molecule has 0 aliphatic carbocycles. The van der Waals surface area contributed by atoms with Crippen LogP contribution in [0, 0.1) is 11.3 Å². The molecule has 2 fully saturated rings. The largest absolute Gasteiger partial charge is 0.339 e. The number of nitrogens with zero attached hydrogens (tertiary/aromatic N) is 2. The van der Waals surface area contributed by atoms with Crippen molar-refractivity contribution in [3.63, 3.8) is 0 Å². The number of likely N-dealkylation sites (tertiary alicyclic amines) is 1. The number of nitrogens with one attached hydrogen (secondary N) is 1. The summed E-state index contributed by atoms with van der Waals surface area (Å²) in [4.78, 5) is 17.1. The topological polar surface area (TPSA) is 35.6 Å². The van der Waals surface area contributed by atoms with Crippen molar-refractivity contribution >= 4 is 5.91 Å². The molecular weight excluding hydrogens is 238 g/mol. The molecule has 4 heteroatoms. The number of hydrogen-bond donors (Lipinski definition) is 1. The van der Waals surface area contributed by atoms with Crippen LogP contribution in [0.4, 0.5) is 0 Å². The van der Waals surface area contributed by atoms with Gasteiger partial charge in [-0.15, -0.1) is 0 Å². The Labute approximate surface area is 117 Å². The van der Waals surface area contributed by atoms with Crippen molar-refractivity contribution in [2.45, 2.75) is 45.7 Å². The van der Waals surface area contributed by atoms with Crippen molar-refractivity contribution in [1.82, 2.24) is 15.1 Å². The van der Waals surface area contributed by atoms with Gasteiger partial charge < -0.3 is 15.1 Å². The molecule has 1 amide bonds. The fourth-order valence-corrected chi connectivity index (χ4v) is 3.62. The molecule has 4 nitrogen and oxygen atoms in total. The van der Waals surface area contributed by atoms with E-state index < -0.39 is 0 Å². The van der Waals surface area contributed by atoms with Gasteiger partial charge in [0.25, 0.3) is 0 Å². The molecule has 0 bridgehead atoms. The first-order valence-electron chi connectivity index (χ1n) is 7.51. The third-order valence-corrected chi connectivity index (χ3v) is 4.92. The van der Waals surface area contributed by atoms with Crippen LogP contribution in [0.5, 0.6) is 0 Å². The van der Waals surface area contributed by atoms with Gasteiger partial charge in [0, 0.05) is 19.1 Å². The maximum absolute atomic E-state index is 12.8. The van der Waals surface area contributed by atoms with Gasteiger partial charge in [-0.05, 0) is 44.8 Å². The van der Waals surface area contributed by atoms with Crippen molar-refractivity contribution < 1.29 is 4.79 Å². The minimum Gasteiger partial charge on any atom is -0.339 e. The molecule has 0 radical (unpaired) electrons. The molecular formula is C15H29N3O. The minimum atomic E-state index is -0.00522. The first-order chi connectivity index (χ1) is 8.83. The highest BCUT2D eigenvalue weighted by Crippen LogP contribution is 2.32. The molecule has 110 valence electrons. The van der Waals surface area contributed by atoms with Crippen LogP contribution in [0.3, 0.4) is 0 Å². The molecule has 2 aliphatic heterocycles. The highest BCUT2D eigenvalue weighted by molar-refractivity contribution is 5.83. The van der Waals surface area contributed by atoms with E-state index in [4.69, 9.17) is 0 Å². The number of amides is 1. The van der Waals surface area contributed by atoms with E-state index in [0.29, 0.717) is 17.9 Å². The predicted octanol–water partition coefficient (Wildman–Crippen LogP) is 1.17. The average molecular weight is 267 g/mol. The van der Waals surface area contributed by atoms with Crippen LogP contribution in [0.1, 0.15) is 33.6 Å². The summed E-state index contributed by atoms with van der Waals surface area (Å²) in [6.45, 7) is 9.42. The summed E-state index contributed by atoms with van der Waals surface area (Å²) in [5, 5.41) is 3.44. The normalized spacial score (nSPS) is 34.8. The molecule has 0 aromatic heterocycles. The highest BCUT2D eigenvalue weighted by Gasteiger charge is 2.42. The molecule has 3 atom stereocenters. The Balaban J connectivity index is 2.04. The summed E-state index contributed by atoms with van der Waals surface area (Å²) >= 11 is 0. The van der Waals surface area contributed by atoms with Gasteiger partial charge in [0.15, 0.2) is 0 Å². The van der Waals surface area contributed by atoms with E-state index in [9.17, 15) is 4.79 Å². The Bertz CT molecular complexity index is 340. The van der Waals surface area contributed by atoms with Crippen LogP contribution < -0.4 is 5.32 Å². The molecule has 19 heavy (non-hydrogen) atoms. The Morgan fingerprint density at radius 3 is 2.53 bits per heavy atom. The van der Waals surface area contributed by atoms with Gasteiger partial charge in [-0.1, -0.05) is 20.8 Å². The van der Waals surface area contributed by atoms with Crippen molar-refractivity contribution in [2.24, 2.45) is 11.3 Å². The van der Waals surface area contributed by atoms with E-state index in [2.05, 4.69) is 50.0 Å². The first-order valence-corrected chi connectivity index (χ1v) is 7.51. The Hall–Kier alpha value is -0.610. The van der Waals surface area contributed by atoms with Crippen molar-refractivity contribution in [1.29, 1.82) is 0 Å². The maximum Gasteiger partial charge on any atom is 0.240 e. The molecule has 0 saturated carbocycles. The molecule has 2 saturated heterocycles. The number of carbonyl (C=O) groups excluding carboxylic acids is 1. The summed E-state index contributed by atoms with van der Waals surface area (Å²) in [6, 6.07) is 0.491. The lowest BCUT2D eigenvalue weighted by atomic mass is 9.77. The van der Waals surface area contributed by atoms with Gasteiger partial charge >= 0.3 is 0 Å². The number of hydrogen-bond acceptors (Lipinski definition) is 3. The third kappa shape index (κ3) is 2.95. The fraction of sp³-hybridized carbons (Fsp3) is 0.933. The van der Waals surface area contributed by atoms with Gasteiger partial charge in [0.05, 0.1) is 6.04 Å². The van der Waals surface area contributed by atoms with Gasteiger partial charge in [-0.25, -0.2) is 0 Å². The van der Waals surface area contributed by atoms with Crippen molar-refractivity contribution in [3.05, 3.63) is 0 Å². The van der Waals surface area contributed by atoms with Gasteiger partial charge in [0.1, 0.15) is 0 Å². The number of likely N-dealkylation sites (N-methyl/N-ethyl adjacent to an activating group) is 1. The molecule has 0 aromatic rings. The summed E-state index contributed by atoms with van der Waals surface area (Å²) < 4.78 is 0. The van der Waals surface area contributed by atoms with E-state index in [1.807, 2.05) is 0 Å². The molecule has 2 rings (SSSR count). The van der Waals surface area contributed by atoms with Crippen molar-refractivity contribution in [2.75, 3.05) is 33.7 Å². The fourth-order valence-electron chi connectivity index (χ4n) is 3.62. The van der Waals surface area contributed by atoms with Gasteiger partial charge in [-0.3, -0.25) is 4.79 Å². The maximum atomic E-state index is 12.8. The molecule has 3 unspecified atom stereocenters. The van der Waals surface area contributed by atoms with Crippen LogP contribution in [-0.4, -0.2) is 61.5 Å². The average Bonchev–Trinajstić information content (AvgIpc) is 2.70. The van der Waals surface area contributed by atoms with Crippen molar-refractivity contribution in [3.8, 4) is 0 Å². The second-order valence-corrected chi connectivity index (χ2v) is 7.23. The quantitative estimate of drug-likeness (QED) is 0.816. The molecule has 2 heterocycles. The minimum absolute atomic E-state index is 0.00522. The van der Waals surface area contributed by atoms with Gasteiger partial charge in [-0.2, -0.15) is 0 Å². The number of rotatable bonds is 2. The van der Waals surface area contributed by atoms with E-state index in [1.165, 1.54) is 6.42 Å². The van der Waals surface area contributed by atoms with E-state index >= 15 is 0 Å². The highest BCUT2D eigenvalue weighted by atomic mass is 16.2. The van der Waals surface area contributed by atoms with Crippen LogP contribution >= 0.6 is 0 Å². The lowest BCUT2D eigenvalue weighted by Crippen LogP contribution is -2.56. The zero-order valence-corrected chi connectivity index (χ0v) is 13.1. The van der Waals surface area contributed by atoms with Crippen LogP contribution in [0.25, 0.3) is 0 Å². The summed E-state index contributed by atoms with van der Waals surface area (Å²) in [6.07, 6.45) is 2.31. The van der Waals surface area contributed by atoms with Crippen LogP contribution in [0.2, 0.25) is 0 Å². The Morgan fingerprint density at radius 1 is 1.32 bits per heavy atom. The number of piperidine rings is 1. The van der Waals surface area contributed by atoms with Crippen LogP contribution in [-0.2, 0) is 4.79 Å². The summed E-state index contributed by atoms with van der Waals surface area (Å²) in [7, 11) is 4.22. The van der Waals surface area contributed by atoms with E-state index in [0.717, 1.165) is 26.1 Å². The lowest BCUT2D eigenvalue weighted by molar-refractivity contribution is -0.136. The standard InChI is InChI=1S/C15H29N3O/c1-11-9-18(10-12(11)17(4)5)14(19)13-15(2,3)7-6-8-16-13/h11-13,16H,6-10H2,1-5H3. The smallest absolute Gasteiger partial charge is 0.240 e. The monoisotopic (exact) mass is 267 g/mol.